The summed E-state index contributed by atoms with van der Waals surface area (Å²) in [5.74, 6) is -0.0816. The fourth-order valence-electron chi connectivity index (χ4n) is 7.51. The third kappa shape index (κ3) is 42.0. The average molecular weight is 778 g/mol. The molecular weight excluding hydrogens is 683 g/mol. The first kappa shape index (κ1) is 53.6. The van der Waals surface area contributed by atoms with Gasteiger partial charge >= 0.3 is 5.97 Å². The van der Waals surface area contributed by atoms with E-state index in [0.29, 0.717) is 19.4 Å². The first-order valence-corrected chi connectivity index (χ1v) is 24.5. The number of ether oxygens (including phenoxy) is 1. The molecule has 6 nitrogen and oxygen atoms in total. The van der Waals surface area contributed by atoms with E-state index in [0.717, 1.165) is 57.8 Å². The smallest absolute Gasteiger partial charge is 0.305 e. The van der Waals surface area contributed by atoms with Crippen molar-refractivity contribution in [3.8, 4) is 0 Å². The van der Waals surface area contributed by atoms with Gasteiger partial charge in [-0.25, -0.2) is 0 Å². The Hall–Kier alpha value is -1.40. The van der Waals surface area contributed by atoms with Gasteiger partial charge in [-0.1, -0.05) is 231 Å². The summed E-state index contributed by atoms with van der Waals surface area (Å²) >= 11 is 0. The predicted molar refractivity (Wildman–Crippen MR) is 237 cm³/mol. The molecular formula is C49H95NO5. The Morgan fingerprint density at radius 3 is 1.24 bits per heavy atom. The first-order valence-electron chi connectivity index (χ1n) is 24.5. The lowest BCUT2D eigenvalue weighted by Crippen LogP contribution is -2.45. The number of unbranched alkanes of at least 4 members (excludes halogenated alkanes) is 34. The van der Waals surface area contributed by atoms with Crippen LogP contribution in [0.25, 0.3) is 0 Å². The molecule has 0 rings (SSSR count). The summed E-state index contributed by atoms with van der Waals surface area (Å²) in [5.41, 5.74) is 0. The highest BCUT2D eigenvalue weighted by atomic mass is 16.5. The van der Waals surface area contributed by atoms with Gasteiger partial charge in [-0.15, -0.1) is 0 Å². The quantitative estimate of drug-likeness (QED) is 0.0325. The number of aliphatic hydroxyl groups excluding tert-OH is 2. The Morgan fingerprint density at radius 1 is 0.491 bits per heavy atom. The molecule has 55 heavy (non-hydrogen) atoms. The van der Waals surface area contributed by atoms with E-state index in [1.54, 1.807) is 6.08 Å². The topological polar surface area (TPSA) is 95.9 Å². The van der Waals surface area contributed by atoms with Crippen molar-refractivity contribution in [2.24, 2.45) is 0 Å². The number of hydrogen-bond acceptors (Lipinski definition) is 5. The summed E-state index contributed by atoms with van der Waals surface area (Å²) < 4.78 is 5.46. The number of hydrogen-bond donors (Lipinski definition) is 3. The van der Waals surface area contributed by atoms with Crippen molar-refractivity contribution in [1.29, 1.82) is 0 Å². The van der Waals surface area contributed by atoms with E-state index in [-0.39, 0.29) is 18.5 Å². The van der Waals surface area contributed by atoms with E-state index in [1.807, 2.05) is 6.08 Å². The van der Waals surface area contributed by atoms with Crippen molar-refractivity contribution in [2.45, 2.75) is 276 Å². The minimum Gasteiger partial charge on any atom is -0.466 e. The van der Waals surface area contributed by atoms with Gasteiger partial charge in [0.25, 0.3) is 0 Å². The lowest BCUT2D eigenvalue weighted by atomic mass is 10.0. The summed E-state index contributed by atoms with van der Waals surface area (Å²) in [4.78, 5) is 24.4. The zero-order valence-corrected chi connectivity index (χ0v) is 36.9. The van der Waals surface area contributed by atoms with Crippen molar-refractivity contribution < 1.29 is 24.5 Å². The molecule has 0 heterocycles. The molecule has 0 saturated carbocycles. The number of rotatable bonds is 45. The van der Waals surface area contributed by atoms with Crippen molar-refractivity contribution in [3.05, 3.63) is 12.2 Å². The van der Waals surface area contributed by atoms with Crippen LogP contribution in [0.3, 0.4) is 0 Å². The van der Waals surface area contributed by atoms with E-state index in [1.165, 1.54) is 180 Å². The second kappa shape index (κ2) is 45.3. The number of carbonyl (C=O) groups excluding carboxylic acids is 2. The highest BCUT2D eigenvalue weighted by molar-refractivity contribution is 5.76. The minimum absolute atomic E-state index is 0.00163. The number of amides is 1. The molecule has 0 radical (unpaired) electrons. The number of aliphatic hydroxyl groups is 2. The van der Waals surface area contributed by atoms with Crippen molar-refractivity contribution >= 4 is 11.9 Å². The number of nitrogens with one attached hydrogen (secondary N) is 1. The zero-order chi connectivity index (χ0) is 40.1. The SMILES string of the molecule is CCCCCCCCCC/C=C/C(O)C(CO)NC(=O)CCCCCCCCCCCCCCCCOC(=O)CCCCCCCCCCCCCCCC. The van der Waals surface area contributed by atoms with Gasteiger partial charge in [0.15, 0.2) is 0 Å². The summed E-state index contributed by atoms with van der Waals surface area (Å²) in [7, 11) is 0. The fraction of sp³-hybridized carbons (Fsp3) is 0.918. The molecule has 0 spiro atoms. The molecule has 0 aromatic carbocycles. The maximum Gasteiger partial charge on any atom is 0.305 e. The van der Waals surface area contributed by atoms with Crippen molar-refractivity contribution in [2.75, 3.05) is 13.2 Å². The van der Waals surface area contributed by atoms with Gasteiger partial charge in [0.1, 0.15) is 0 Å². The molecule has 0 aromatic heterocycles. The molecule has 0 aliphatic heterocycles. The molecule has 0 aromatic rings. The van der Waals surface area contributed by atoms with Gasteiger partial charge in [-0.3, -0.25) is 9.59 Å². The lowest BCUT2D eigenvalue weighted by Gasteiger charge is -2.20. The molecule has 0 aliphatic carbocycles. The third-order valence-corrected chi connectivity index (χ3v) is 11.3. The van der Waals surface area contributed by atoms with E-state index in [4.69, 9.17) is 4.74 Å². The largest absolute Gasteiger partial charge is 0.466 e. The zero-order valence-electron chi connectivity index (χ0n) is 36.9. The van der Waals surface area contributed by atoms with Gasteiger partial charge in [-0.2, -0.15) is 0 Å². The summed E-state index contributed by atoms with van der Waals surface area (Å²) in [6.07, 6.45) is 50.6. The van der Waals surface area contributed by atoms with Gasteiger partial charge in [0.05, 0.1) is 25.4 Å². The summed E-state index contributed by atoms with van der Waals surface area (Å²) in [6, 6.07) is -0.632. The lowest BCUT2D eigenvalue weighted by molar-refractivity contribution is -0.143. The van der Waals surface area contributed by atoms with Crippen LogP contribution >= 0.6 is 0 Å². The molecule has 1 amide bonds. The predicted octanol–water partition coefficient (Wildman–Crippen LogP) is 14.2. The van der Waals surface area contributed by atoms with Crippen LogP contribution in [-0.2, 0) is 14.3 Å². The summed E-state index contributed by atoms with van der Waals surface area (Å²) in [6.45, 7) is 4.86. The van der Waals surface area contributed by atoms with Crippen molar-refractivity contribution in [1.82, 2.24) is 5.32 Å². The van der Waals surface area contributed by atoms with E-state index in [9.17, 15) is 19.8 Å². The maximum absolute atomic E-state index is 12.4. The molecule has 6 heteroatoms. The normalized spacial score (nSPS) is 12.7. The van der Waals surface area contributed by atoms with Gasteiger partial charge in [0.2, 0.25) is 5.91 Å². The Morgan fingerprint density at radius 2 is 0.836 bits per heavy atom. The minimum atomic E-state index is -0.848. The molecule has 3 N–H and O–H groups in total. The van der Waals surface area contributed by atoms with Crippen LogP contribution in [0.5, 0.6) is 0 Å². The highest BCUT2D eigenvalue weighted by Crippen LogP contribution is 2.16. The second-order valence-electron chi connectivity index (χ2n) is 16.8. The van der Waals surface area contributed by atoms with Gasteiger partial charge in [-0.05, 0) is 32.1 Å². The van der Waals surface area contributed by atoms with Gasteiger partial charge < -0.3 is 20.3 Å². The monoisotopic (exact) mass is 778 g/mol. The average Bonchev–Trinajstić information content (AvgIpc) is 3.18. The van der Waals surface area contributed by atoms with E-state index < -0.39 is 12.1 Å². The second-order valence-corrected chi connectivity index (χ2v) is 16.8. The van der Waals surface area contributed by atoms with Crippen LogP contribution in [0.2, 0.25) is 0 Å². The molecule has 326 valence electrons. The van der Waals surface area contributed by atoms with Gasteiger partial charge in [0, 0.05) is 12.8 Å². The van der Waals surface area contributed by atoms with Crippen LogP contribution in [0.4, 0.5) is 0 Å². The first-order chi connectivity index (χ1) is 27.0. The standard InChI is InChI=1S/C49H95NO5/c1-3-5-7-9-11-13-15-16-20-23-27-31-35-39-43-49(54)55-44-40-36-32-28-24-21-18-17-19-22-26-30-34-38-42-48(53)50-46(45-51)47(52)41-37-33-29-25-14-12-10-8-6-4-2/h37,41,46-47,51-52H,3-36,38-40,42-45H2,1-2H3,(H,50,53)/b41-37+. The van der Waals surface area contributed by atoms with Crippen LogP contribution in [0.15, 0.2) is 12.2 Å². The Labute approximate surface area is 342 Å². The molecule has 0 bridgehead atoms. The Kier molecular flexibility index (Phi) is 44.2. The summed E-state index contributed by atoms with van der Waals surface area (Å²) in [5, 5.41) is 22.9. The third-order valence-electron chi connectivity index (χ3n) is 11.3. The number of esters is 1. The molecule has 0 fully saturated rings. The fourth-order valence-corrected chi connectivity index (χ4v) is 7.51. The molecule has 2 unspecified atom stereocenters. The van der Waals surface area contributed by atoms with E-state index >= 15 is 0 Å². The molecule has 2 atom stereocenters. The molecule has 0 aliphatic rings. The van der Waals surface area contributed by atoms with Crippen molar-refractivity contribution in [3.63, 3.8) is 0 Å². The Balaban J connectivity index is 3.43. The van der Waals surface area contributed by atoms with Crippen LogP contribution in [0, 0.1) is 0 Å². The highest BCUT2D eigenvalue weighted by Gasteiger charge is 2.18. The van der Waals surface area contributed by atoms with Crippen LogP contribution in [0.1, 0.15) is 264 Å². The maximum atomic E-state index is 12.4. The van der Waals surface area contributed by atoms with E-state index in [2.05, 4.69) is 19.2 Å². The number of allylic oxidation sites excluding steroid dienone is 1. The van der Waals surface area contributed by atoms with Crippen LogP contribution < -0.4 is 5.32 Å². The molecule has 0 saturated heterocycles. The number of carbonyl (C=O) groups is 2. The van der Waals surface area contributed by atoms with Crippen LogP contribution in [-0.4, -0.2) is 47.4 Å². The Bertz CT molecular complexity index is 817.